The summed E-state index contributed by atoms with van der Waals surface area (Å²) in [7, 11) is 0. The number of aryl methyl sites for hydroxylation is 1. The molecule has 0 unspecified atom stereocenters. The van der Waals surface area contributed by atoms with Gasteiger partial charge < -0.3 is 0 Å². The van der Waals surface area contributed by atoms with E-state index in [2.05, 4.69) is 10.4 Å². The molecule has 1 aliphatic heterocycles. The molecule has 7 heteroatoms. The van der Waals surface area contributed by atoms with Crippen LogP contribution in [0.2, 0.25) is 0 Å². The molecule has 0 saturated carbocycles. The average Bonchev–Trinajstić information content (AvgIpc) is 2.85. The predicted molar refractivity (Wildman–Crippen MR) is 75.2 cm³/mol. The van der Waals surface area contributed by atoms with Crippen LogP contribution in [0.15, 0.2) is 12.4 Å². The molecule has 1 aromatic heterocycles. The monoisotopic (exact) mass is 292 g/mol. The second kappa shape index (κ2) is 5.67. The molecule has 1 saturated heterocycles. The Bertz CT molecular complexity index is 575. The first-order chi connectivity index (χ1) is 9.94. The van der Waals surface area contributed by atoms with Gasteiger partial charge in [-0.25, -0.2) is 4.79 Å². The summed E-state index contributed by atoms with van der Waals surface area (Å²) in [5.41, 5.74) is -0.121. The second-order valence-electron chi connectivity index (χ2n) is 5.29. The smallest absolute Gasteiger partial charge is 0.277 e. The Balaban J connectivity index is 2.16. The predicted octanol–water partition coefficient (Wildman–Crippen LogP) is 1.08. The molecule has 114 valence electrons. The van der Waals surface area contributed by atoms with Crippen molar-refractivity contribution in [3.8, 4) is 0 Å². The molecule has 1 fully saturated rings. The van der Waals surface area contributed by atoms with Crippen LogP contribution in [0, 0.1) is 12.3 Å². The van der Waals surface area contributed by atoms with Crippen LogP contribution < -0.4 is 5.32 Å². The fourth-order valence-corrected chi connectivity index (χ4v) is 2.60. The minimum atomic E-state index is -1.13. The number of barbiturate groups is 1. The van der Waals surface area contributed by atoms with Crippen molar-refractivity contribution >= 4 is 17.8 Å². The van der Waals surface area contributed by atoms with E-state index >= 15 is 0 Å². The van der Waals surface area contributed by atoms with Crippen LogP contribution in [0.1, 0.15) is 32.3 Å². The number of aromatic nitrogens is 2. The first kappa shape index (κ1) is 15.2. The molecule has 0 atom stereocenters. The second-order valence-corrected chi connectivity index (χ2v) is 5.29. The van der Waals surface area contributed by atoms with Crippen LogP contribution in [-0.2, 0) is 16.1 Å². The van der Waals surface area contributed by atoms with Gasteiger partial charge in [0.15, 0.2) is 0 Å². The minimum Gasteiger partial charge on any atom is -0.277 e. The van der Waals surface area contributed by atoms with Crippen molar-refractivity contribution in [3.63, 3.8) is 0 Å². The zero-order valence-corrected chi connectivity index (χ0v) is 12.5. The quantitative estimate of drug-likeness (QED) is 0.823. The van der Waals surface area contributed by atoms with E-state index in [4.69, 9.17) is 0 Å². The molecule has 4 amide bonds. The number of amides is 4. The van der Waals surface area contributed by atoms with Gasteiger partial charge in [0.1, 0.15) is 5.41 Å². The third-order valence-electron chi connectivity index (χ3n) is 4.08. The van der Waals surface area contributed by atoms with Gasteiger partial charge in [-0.15, -0.1) is 0 Å². The van der Waals surface area contributed by atoms with E-state index in [1.165, 1.54) is 0 Å². The van der Waals surface area contributed by atoms with E-state index in [1.54, 1.807) is 24.7 Å². The van der Waals surface area contributed by atoms with E-state index in [9.17, 15) is 14.4 Å². The van der Waals surface area contributed by atoms with Gasteiger partial charge in [0.25, 0.3) is 0 Å². The Hall–Kier alpha value is -2.18. The molecule has 0 aliphatic carbocycles. The molecule has 21 heavy (non-hydrogen) atoms. The van der Waals surface area contributed by atoms with Gasteiger partial charge in [0.2, 0.25) is 11.8 Å². The zero-order valence-electron chi connectivity index (χ0n) is 12.5. The number of hydrogen-bond acceptors (Lipinski definition) is 4. The molecule has 0 bridgehead atoms. The summed E-state index contributed by atoms with van der Waals surface area (Å²) in [5, 5.41) is 6.41. The molecule has 0 spiro atoms. The molecular formula is C14H20N4O3. The molecule has 2 heterocycles. The molecule has 1 aromatic rings. The Kier molecular flexibility index (Phi) is 4.11. The largest absolute Gasteiger partial charge is 0.330 e. The third-order valence-corrected chi connectivity index (χ3v) is 4.08. The lowest BCUT2D eigenvalue weighted by atomic mass is 9.78. The van der Waals surface area contributed by atoms with Gasteiger partial charge >= 0.3 is 6.03 Å². The summed E-state index contributed by atoms with van der Waals surface area (Å²) in [4.78, 5) is 37.6. The van der Waals surface area contributed by atoms with Crippen molar-refractivity contribution in [1.82, 2.24) is 20.0 Å². The molecule has 1 N–H and O–H groups in total. The van der Waals surface area contributed by atoms with Gasteiger partial charge in [-0.1, -0.05) is 13.8 Å². The van der Waals surface area contributed by atoms with Gasteiger partial charge in [0, 0.05) is 6.20 Å². The van der Waals surface area contributed by atoms with E-state index < -0.39 is 23.3 Å². The molecule has 1 aliphatic rings. The fraction of sp³-hybridized carbons (Fsp3) is 0.571. The molecule has 7 nitrogen and oxygen atoms in total. The van der Waals surface area contributed by atoms with Crippen LogP contribution in [0.4, 0.5) is 4.79 Å². The number of urea groups is 1. The highest BCUT2D eigenvalue weighted by molar-refractivity contribution is 6.19. The van der Waals surface area contributed by atoms with Gasteiger partial charge in [-0.05, 0) is 25.3 Å². The highest BCUT2D eigenvalue weighted by Gasteiger charge is 2.51. The normalized spacial score (nSPS) is 18.0. The van der Waals surface area contributed by atoms with Crippen molar-refractivity contribution in [2.75, 3.05) is 6.54 Å². The van der Waals surface area contributed by atoms with Gasteiger partial charge in [0.05, 0.1) is 19.3 Å². The lowest BCUT2D eigenvalue weighted by molar-refractivity contribution is -0.152. The first-order valence-corrected chi connectivity index (χ1v) is 7.11. The Morgan fingerprint density at radius 2 is 1.86 bits per heavy atom. The minimum absolute atomic E-state index is 0.195. The maximum atomic E-state index is 12.6. The Morgan fingerprint density at radius 1 is 1.19 bits per heavy atom. The summed E-state index contributed by atoms with van der Waals surface area (Å²) in [6, 6.07) is -0.647. The van der Waals surface area contributed by atoms with E-state index in [0.29, 0.717) is 19.4 Å². The summed E-state index contributed by atoms with van der Waals surface area (Å²) in [6.07, 6.45) is 4.30. The number of rotatable bonds is 5. The van der Waals surface area contributed by atoms with Crippen molar-refractivity contribution in [2.24, 2.45) is 5.41 Å². The summed E-state index contributed by atoms with van der Waals surface area (Å²) < 4.78 is 1.67. The van der Waals surface area contributed by atoms with E-state index in [0.717, 1.165) is 10.5 Å². The van der Waals surface area contributed by atoms with Crippen molar-refractivity contribution in [3.05, 3.63) is 18.0 Å². The number of hydrogen-bond donors (Lipinski definition) is 1. The van der Waals surface area contributed by atoms with Gasteiger partial charge in [-0.2, -0.15) is 5.10 Å². The number of imide groups is 2. The topological polar surface area (TPSA) is 84.3 Å². The van der Waals surface area contributed by atoms with Crippen LogP contribution in [0.5, 0.6) is 0 Å². The molecule has 0 aromatic carbocycles. The van der Waals surface area contributed by atoms with Crippen molar-refractivity contribution < 1.29 is 14.4 Å². The highest BCUT2D eigenvalue weighted by Crippen LogP contribution is 2.32. The fourth-order valence-electron chi connectivity index (χ4n) is 2.60. The average molecular weight is 292 g/mol. The summed E-state index contributed by atoms with van der Waals surface area (Å²) in [5.74, 6) is -0.904. The lowest BCUT2D eigenvalue weighted by Gasteiger charge is -2.38. The number of carbonyl (C=O) groups excluding carboxylic acids is 3. The maximum absolute atomic E-state index is 12.6. The number of nitrogens with zero attached hydrogens (tertiary/aromatic N) is 3. The van der Waals surface area contributed by atoms with Gasteiger partial charge in [-0.3, -0.25) is 24.5 Å². The standard InChI is InChI=1S/C14H20N4O3/c1-4-14(5-2)11(19)16-13(21)18(12(14)20)7-6-17-9-10(3)8-15-17/h8-9H,4-7H2,1-3H3,(H,16,19,21). The maximum Gasteiger partial charge on any atom is 0.330 e. The summed E-state index contributed by atoms with van der Waals surface area (Å²) >= 11 is 0. The molecule has 2 rings (SSSR count). The lowest BCUT2D eigenvalue weighted by Crippen LogP contribution is -2.63. The number of carbonyl (C=O) groups is 3. The zero-order chi connectivity index (χ0) is 15.6. The van der Waals surface area contributed by atoms with E-state index in [-0.39, 0.29) is 6.54 Å². The SMILES string of the molecule is CCC1(CC)C(=O)NC(=O)N(CCn2cc(C)cn2)C1=O. The Labute approximate surface area is 123 Å². The van der Waals surface area contributed by atoms with Crippen LogP contribution >= 0.6 is 0 Å². The van der Waals surface area contributed by atoms with Crippen LogP contribution in [0.25, 0.3) is 0 Å². The first-order valence-electron chi connectivity index (χ1n) is 7.11. The van der Waals surface area contributed by atoms with Crippen molar-refractivity contribution in [2.45, 2.75) is 40.2 Å². The third kappa shape index (κ3) is 2.55. The van der Waals surface area contributed by atoms with E-state index in [1.807, 2.05) is 13.1 Å². The molecule has 0 radical (unpaired) electrons. The van der Waals surface area contributed by atoms with Crippen molar-refractivity contribution in [1.29, 1.82) is 0 Å². The Morgan fingerprint density at radius 3 is 2.38 bits per heavy atom. The number of nitrogens with one attached hydrogen (secondary N) is 1. The van der Waals surface area contributed by atoms with Crippen LogP contribution in [-0.4, -0.2) is 39.1 Å². The van der Waals surface area contributed by atoms with Crippen LogP contribution in [0.3, 0.4) is 0 Å². The highest BCUT2D eigenvalue weighted by atomic mass is 16.2. The summed E-state index contributed by atoms with van der Waals surface area (Å²) in [6.45, 7) is 6.09. The molecular weight excluding hydrogens is 272 g/mol.